The van der Waals surface area contributed by atoms with E-state index in [9.17, 15) is 4.79 Å². The highest BCUT2D eigenvalue weighted by Gasteiger charge is 2.25. The zero-order valence-electron chi connectivity index (χ0n) is 13.9. The van der Waals surface area contributed by atoms with Crippen molar-refractivity contribution in [1.82, 2.24) is 15.5 Å². The van der Waals surface area contributed by atoms with Crippen molar-refractivity contribution >= 4 is 17.6 Å². The molecule has 1 aromatic carbocycles. The predicted molar refractivity (Wildman–Crippen MR) is 95.5 cm³/mol. The minimum Gasteiger partial charge on any atom is -0.468 e. The molecule has 7 heteroatoms. The van der Waals surface area contributed by atoms with Crippen molar-refractivity contribution in [2.24, 2.45) is 0 Å². The van der Waals surface area contributed by atoms with Crippen molar-refractivity contribution in [2.75, 3.05) is 32.8 Å². The molecule has 1 fully saturated rings. The molecule has 1 saturated heterocycles. The Bertz CT molecular complexity index is 655. The second-order valence-electron chi connectivity index (χ2n) is 5.87. The summed E-state index contributed by atoms with van der Waals surface area (Å²) in [7, 11) is 0. The smallest absolute Gasteiger partial charge is 0.315 e. The highest BCUT2D eigenvalue weighted by molar-refractivity contribution is 6.30. The Hall–Kier alpha value is -2.02. The van der Waals surface area contributed by atoms with Crippen molar-refractivity contribution in [3.63, 3.8) is 0 Å². The van der Waals surface area contributed by atoms with E-state index < -0.39 is 0 Å². The number of urea groups is 1. The molecular formula is C18H22ClN3O3. The molecule has 0 radical (unpaired) electrons. The van der Waals surface area contributed by atoms with Gasteiger partial charge in [-0.05, 0) is 29.8 Å². The summed E-state index contributed by atoms with van der Waals surface area (Å²) in [5.41, 5.74) is 0.996. The second-order valence-corrected chi connectivity index (χ2v) is 6.31. The van der Waals surface area contributed by atoms with Gasteiger partial charge in [0.25, 0.3) is 0 Å². The number of ether oxygens (including phenoxy) is 1. The number of nitrogens with zero attached hydrogens (tertiary/aromatic N) is 1. The standard InChI is InChI=1S/C18H22ClN3O3/c19-15-5-3-14(4-6-15)12-20-18(23)21-13-16(17-2-1-9-25-17)22-7-10-24-11-8-22/h1-6,9,16H,7-8,10-13H2,(H2,20,21,23). The van der Waals surface area contributed by atoms with E-state index in [1.807, 2.05) is 36.4 Å². The number of furan rings is 1. The molecule has 2 heterocycles. The van der Waals surface area contributed by atoms with Crippen molar-refractivity contribution in [2.45, 2.75) is 12.6 Å². The van der Waals surface area contributed by atoms with Gasteiger partial charge in [-0.1, -0.05) is 23.7 Å². The van der Waals surface area contributed by atoms with Gasteiger partial charge < -0.3 is 19.8 Å². The molecule has 2 aromatic rings. The van der Waals surface area contributed by atoms with Crippen LogP contribution in [-0.4, -0.2) is 43.8 Å². The molecule has 2 N–H and O–H groups in total. The molecule has 134 valence electrons. The molecule has 0 aliphatic carbocycles. The predicted octanol–water partition coefficient (Wildman–Crippen LogP) is 2.81. The van der Waals surface area contributed by atoms with E-state index in [-0.39, 0.29) is 12.1 Å². The molecule has 1 aromatic heterocycles. The first kappa shape index (κ1) is 17.8. The van der Waals surface area contributed by atoms with Crippen LogP contribution < -0.4 is 10.6 Å². The maximum Gasteiger partial charge on any atom is 0.315 e. The van der Waals surface area contributed by atoms with Crippen LogP contribution in [0.2, 0.25) is 5.02 Å². The minimum absolute atomic E-state index is 0.000168. The molecule has 0 bridgehead atoms. The summed E-state index contributed by atoms with van der Waals surface area (Å²) in [5, 5.41) is 6.47. The number of benzene rings is 1. The molecule has 1 aliphatic rings. The summed E-state index contributed by atoms with van der Waals surface area (Å²) in [6.45, 7) is 3.95. The van der Waals surface area contributed by atoms with Gasteiger partial charge in [0.1, 0.15) is 5.76 Å². The maximum absolute atomic E-state index is 12.1. The Morgan fingerprint density at radius 1 is 1.16 bits per heavy atom. The fourth-order valence-corrected chi connectivity index (χ4v) is 2.94. The van der Waals surface area contributed by atoms with Gasteiger partial charge in [0.15, 0.2) is 0 Å². The van der Waals surface area contributed by atoms with Crippen molar-refractivity contribution in [3.05, 3.63) is 59.0 Å². The molecular weight excluding hydrogens is 342 g/mol. The zero-order chi connectivity index (χ0) is 17.5. The van der Waals surface area contributed by atoms with Gasteiger partial charge in [0.05, 0.1) is 25.5 Å². The van der Waals surface area contributed by atoms with Crippen LogP contribution in [0, 0.1) is 0 Å². The van der Waals surface area contributed by atoms with Crippen molar-refractivity contribution in [3.8, 4) is 0 Å². The first-order chi connectivity index (χ1) is 12.2. The van der Waals surface area contributed by atoms with Gasteiger partial charge in [0, 0.05) is 31.2 Å². The lowest BCUT2D eigenvalue weighted by Crippen LogP contribution is -2.45. The molecule has 1 unspecified atom stereocenters. The quantitative estimate of drug-likeness (QED) is 0.828. The molecule has 0 saturated carbocycles. The first-order valence-electron chi connectivity index (χ1n) is 8.34. The molecule has 6 nitrogen and oxygen atoms in total. The fraction of sp³-hybridized carbons (Fsp3) is 0.389. The summed E-state index contributed by atoms with van der Waals surface area (Å²) in [4.78, 5) is 14.4. The lowest BCUT2D eigenvalue weighted by Gasteiger charge is -2.33. The van der Waals surface area contributed by atoms with Crippen LogP contribution in [0.4, 0.5) is 4.79 Å². The first-order valence-corrected chi connectivity index (χ1v) is 8.71. The molecule has 2 amide bonds. The third-order valence-corrected chi connectivity index (χ3v) is 4.43. The Labute approximate surface area is 152 Å². The third-order valence-electron chi connectivity index (χ3n) is 4.18. The van der Waals surface area contributed by atoms with Gasteiger partial charge in [-0.15, -0.1) is 0 Å². The van der Waals surface area contributed by atoms with Crippen molar-refractivity contribution < 1.29 is 13.9 Å². The third kappa shape index (κ3) is 5.22. The molecule has 1 aliphatic heterocycles. The largest absolute Gasteiger partial charge is 0.468 e. The average molecular weight is 364 g/mol. The van der Waals surface area contributed by atoms with E-state index in [1.54, 1.807) is 6.26 Å². The number of hydrogen-bond donors (Lipinski definition) is 2. The lowest BCUT2D eigenvalue weighted by molar-refractivity contribution is 0.0123. The van der Waals surface area contributed by atoms with E-state index >= 15 is 0 Å². The summed E-state index contributed by atoms with van der Waals surface area (Å²) in [6.07, 6.45) is 1.66. The van der Waals surface area contributed by atoms with Crippen LogP contribution in [0.1, 0.15) is 17.4 Å². The van der Waals surface area contributed by atoms with E-state index in [0.717, 1.165) is 24.4 Å². The number of amides is 2. The number of halogens is 1. The lowest BCUT2D eigenvalue weighted by atomic mass is 10.1. The van der Waals surface area contributed by atoms with Gasteiger partial charge in [-0.25, -0.2) is 4.79 Å². The van der Waals surface area contributed by atoms with Gasteiger partial charge in [0.2, 0.25) is 0 Å². The summed E-state index contributed by atoms with van der Waals surface area (Å²) in [6, 6.07) is 11.0. The van der Waals surface area contributed by atoms with Crippen LogP contribution >= 0.6 is 11.6 Å². The van der Waals surface area contributed by atoms with Crippen LogP contribution in [0.5, 0.6) is 0 Å². The monoisotopic (exact) mass is 363 g/mol. The number of carbonyl (C=O) groups excluding carboxylic acids is 1. The van der Waals surface area contributed by atoms with Gasteiger partial charge in [-0.3, -0.25) is 4.90 Å². The number of nitrogens with one attached hydrogen (secondary N) is 2. The van der Waals surface area contributed by atoms with Gasteiger partial charge in [-0.2, -0.15) is 0 Å². The van der Waals surface area contributed by atoms with Crippen LogP contribution in [0.15, 0.2) is 47.1 Å². The number of carbonyl (C=O) groups is 1. The Balaban J connectivity index is 1.51. The highest BCUT2D eigenvalue weighted by Crippen LogP contribution is 2.21. The molecule has 3 rings (SSSR count). The normalized spacial score (nSPS) is 16.4. The van der Waals surface area contributed by atoms with E-state index in [0.29, 0.717) is 31.3 Å². The van der Waals surface area contributed by atoms with Gasteiger partial charge >= 0.3 is 6.03 Å². The number of rotatable bonds is 6. The van der Waals surface area contributed by atoms with E-state index in [4.69, 9.17) is 20.8 Å². The minimum atomic E-state index is -0.209. The van der Waals surface area contributed by atoms with Crippen LogP contribution in [-0.2, 0) is 11.3 Å². The van der Waals surface area contributed by atoms with E-state index in [1.165, 1.54) is 0 Å². The number of hydrogen-bond acceptors (Lipinski definition) is 4. The Morgan fingerprint density at radius 2 is 1.92 bits per heavy atom. The molecule has 25 heavy (non-hydrogen) atoms. The van der Waals surface area contributed by atoms with Crippen LogP contribution in [0.3, 0.4) is 0 Å². The van der Waals surface area contributed by atoms with Crippen LogP contribution in [0.25, 0.3) is 0 Å². The second kappa shape index (κ2) is 8.89. The summed E-state index contributed by atoms with van der Waals surface area (Å²) >= 11 is 5.86. The van der Waals surface area contributed by atoms with E-state index in [2.05, 4.69) is 15.5 Å². The zero-order valence-corrected chi connectivity index (χ0v) is 14.7. The fourth-order valence-electron chi connectivity index (χ4n) is 2.82. The molecule has 1 atom stereocenters. The maximum atomic E-state index is 12.1. The average Bonchev–Trinajstić information content (AvgIpc) is 3.17. The van der Waals surface area contributed by atoms with Crippen molar-refractivity contribution in [1.29, 1.82) is 0 Å². The Morgan fingerprint density at radius 3 is 2.60 bits per heavy atom. The number of morpholine rings is 1. The SMILES string of the molecule is O=C(NCc1ccc(Cl)cc1)NCC(c1ccco1)N1CCOCC1. The Kier molecular flexibility index (Phi) is 6.33. The highest BCUT2D eigenvalue weighted by atomic mass is 35.5. The molecule has 0 spiro atoms. The topological polar surface area (TPSA) is 66.7 Å². The summed E-state index contributed by atoms with van der Waals surface area (Å²) < 4.78 is 11.0. The summed E-state index contributed by atoms with van der Waals surface area (Å²) in [5.74, 6) is 0.847.